The average molecular weight is 135 g/mol. The summed E-state index contributed by atoms with van der Waals surface area (Å²) in [6.07, 6.45) is 1.89. The van der Waals surface area contributed by atoms with E-state index in [0.29, 0.717) is 0 Å². The Balaban J connectivity index is 2.73. The van der Waals surface area contributed by atoms with Crippen LogP contribution < -0.4 is 0 Å². The summed E-state index contributed by atoms with van der Waals surface area (Å²) in [4.78, 5) is 0. The van der Waals surface area contributed by atoms with Crippen molar-refractivity contribution >= 4 is 0 Å². The summed E-state index contributed by atoms with van der Waals surface area (Å²) in [5.41, 5.74) is 1.44. The van der Waals surface area contributed by atoms with Crippen LogP contribution in [0.4, 0.5) is 0 Å². The molecule has 1 aliphatic rings. The van der Waals surface area contributed by atoms with Gasteiger partial charge >= 0.3 is 0 Å². The fraction of sp³-hybridized carbons (Fsp3) is 0.667. The number of hydrogen-bond donors (Lipinski definition) is 0. The van der Waals surface area contributed by atoms with E-state index >= 15 is 0 Å². The van der Waals surface area contributed by atoms with E-state index in [1.165, 1.54) is 5.57 Å². The molecule has 1 aliphatic carbocycles. The lowest BCUT2D eigenvalue weighted by Gasteiger charge is -2.17. The largest absolute Gasteiger partial charge is 0.198 e. The number of nitriles is 1. The SMILES string of the molecule is C=C1CC(C#N)CC1(C)C. The normalized spacial score (nSPS) is 30.1. The molecule has 0 saturated heterocycles. The molecule has 0 spiro atoms. The maximum absolute atomic E-state index is 8.62. The molecule has 1 heteroatoms. The van der Waals surface area contributed by atoms with E-state index < -0.39 is 0 Å². The Labute approximate surface area is 62.4 Å². The van der Waals surface area contributed by atoms with Gasteiger partial charge in [-0.05, 0) is 18.3 Å². The fourth-order valence-corrected chi connectivity index (χ4v) is 1.50. The van der Waals surface area contributed by atoms with Crippen LogP contribution in [0.15, 0.2) is 12.2 Å². The Morgan fingerprint density at radius 2 is 2.30 bits per heavy atom. The molecule has 0 radical (unpaired) electrons. The molecule has 0 bridgehead atoms. The lowest BCUT2D eigenvalue weighted by Crippen LogP contribution is -2.06. The third kappa shape index (κ3) is 1.07. The van der Waals surface area contributed by atoms with E-state index in [-0.39, 0.29) is 11.3 Å². The summed E-state index contributed by atoms with van der Waals surface area (Å²) >= 11 is 0. The molecule has 1 unspecified atom stereocenters. The third-order valence-corrected chi connectivity index (χ3v) is 2.39. The average Bonchev–Trinajstić information content (AvgIpc) is 2.08. The highest BCUT2D eigenvalue weighted by Crippen LogP contribution is 2.44. The van der Waals surface area contributed by atoms with Crippen LogP contribution >= 0.6 is 0 Å². The Kier molecular flexibility index (Phi) is 1.56. The van der Waals surface area contributed by atoms with Crippen LogP contribution in [-0.4, -0.2) is 0 Å². The maximum atomic E-state index is 8.62. The second-order valence-corrected chi connectivity index (χ2v) is 3.72. The Morgan fingerprint density at radius 3 is 2.50 bits per heavy atom. The molecule has 1 nitrogen and oxygen atoms in total. The minimum Gasteiger partial charge on any atom is -0.198 e. The Hall–Kier alpha value is -0.770. The van der Waals surface area contributed by atoms with Crippen molar-refractivity contribution in [3.63, 3.8) is 0 Å². The summed E-state index contributed by atoms with van der Waals surface area (Å²) in [5.74, 6) is 0.225. The smallest absolute Gasteiger partial charge is 0.0659 e. The van der Waals surface area contributed by atoms with Gasteiger partial charge in [0.25, 0.3) is 0 Å². The molecule has 0 heterocycles. The molecule has 54 valence electrons. The molecule has 0 N–H and O–H groups in total. The van der Waals surface area contributed by atoms with E-state index in [4.69, 9.17) is 5.26 Å². The Bertz CT molecular complexity index is 195. The molecule has 1 rings (SSSR count). The number of allylic oxidation sites excluding steroid dienone is 1. The van der Waals surface area contributed by atoms with Gasteiger partial charge in [-0.15, -0.1) is 0 Å². The molecule has 1 fully saturated rings. The van der Waals surface area contributed by atoms with Crippen LogP contribution in [0.25, 0.3) is 0 Å². The quantitative estimate of drug-likeness (QED) is 0.468. The molecule has 1 atom stereocenters. The van der Waals surface area contributed by atoms with Gasteiger partial charge in [0, 0.05) is 0 Å². The van der Waals surface area contributed by atoms with Crippen LogP contribution in [0, 0.1) is 22.7 Å². The van der Waals surface area contributed by atoms with Crippen LogP contribution in [0.1, 0.15) is 26.7 Å². The van der Waals surface area contributed by atoms with Crippen molar-refractivity contribution in [3.8, 4) is 6.07 Å². The number of rotatable bonds is 0. The number of nitrogens with zero attached hydrogens (tertiary/aromatic N) is 1. The molecule has 0 aromatic rings. The molecular formula is C9H13N. The van der Waals surface area contributed by atoms with Gasteiger partial charge in [-0.1, -0.05) is 26.0 Å². The molecule has 1 saturated carbocycles. The van der Waals surface area contributed by atoms with Gasteiger partial charge in [-0.25, -0.2) is 0 Å². The predicted octanol–water partition coefficient (Wildman–Crippen LogP) is 2.50. The van der Waals surface area contributed by atoms with Crippen molar-refractivity contribution in [2.75, 3.05) is 0 Å². The lowest BCUT2D eigenvalue weighted by molar-refractivity contribution is 0.439. The second-order valence-electron chi connectivity index (χ2n) is 3.72. The first-order chi connectivity index (χ1) is 4.56. The van der Waals surface area contributed by atoms with Crippen LogP contribution in [-0.2, 0) is 0 Å². The van der Waals surface area contributed by atoms with Gasteiger partial charge in [0.05, 0.1) is 12.0 Å². The summed E-state index contributed by atoms with van der Waals surface area (Å²) < 4.78 is 0. The zero-order valence-electron chi connectivity index (χ0n) is 6.65. The van der Waals surface area contributed by atoms with Crippen LogP contribution in [0.2, 0.25) is 0 Å². The standard InChI is InChI=1S/C9H13N/c1-7-4-8(6-10)5-9(7,2)3/h8H,1,4-5H2,2-3H3. The third-order valence-electron chi connectivity index (χ3n) is 2.39. The van der Waals surface area contributed by atoms with Gasteiger partial charge in [0.15, 0.2) is 0 Å². The van der Waals surface area contributed by atoms with Crippen molar-refractivity contribution in [2.45, 2.75) is 26.7 Å². The van der Waals surface area contributed by atoms with E-state index in [9.17, 15) is 0 Å². The second kappa shape index (κ2) is 2.12. The summed E-state index contributed by atoms with van der Waals surface area (Å²) in [6.45, 7) is 8.27. The Morgan fingerprint density at radius 1 is 1.70 bits per heavy atom. The first-order valence-corrected chi connectivity index (χ1v) is 3.64. The summed E-state index contributed by atoms with van der Waals surface area (Å²) in [7, 11) is 0. The van der Waals surface area contributed by atoms with E-state index in [1.807, 2.05) is 0 Å². The maximum Gasteiger partial charge on any atom is 0.0659 e. The first-order valence-electron chi connectivity index (χ1n) is 3.64. The zero-order chi connectivity index (χ0) is 7.78. The first kappa shape index (κ1) is 7.34. The van der Waals surface area contributed by atoms with Crippen molar-refractivity contribution in [3.05, 3.63) is 12.2 Å². The predicted molar refractivity (Wildman–Crippen MR) is 41.3 cm³/mol. The molecule has 10 heavy (non-hydrogen) atoms. The summed E-state index contributed by atoms with van der Waals surface area (Å²) in [5, 5.41) is 8.62. The van der Waals surface area contributed by atoms with Gasteiger partial charge in [0.1, 0.15) is 0 Å². The molecule has 0 aromatic carbocycles. The molecule has 0 amide bonds. The fourth-order valence-electron chi connectivity index (χ4n) is 1.50. The van der Waals surface area contributed by atoms with Crippen molar-refractivity contribution in [2.24, 2.45) is 11.3 Å². The van der Waals surface area contributed by atoms with Crippen LogP contribution in [0.3, 0.4) is 0 Å². The summed E-state index contributed by atoms with van der Waals surface area (Å²) in [6, 6.07) is 2.29. The van der Waals surface area contributed by atoms with E-state index in [0.717, 1.165) is 12.8 Å². The molecule has 0 aromatic heterocycles. The minimum absolute atomic E-state index is 0.209. The van der Waals surface area contributed by atoms with Crippen LogP contribution in [0.5, 0.6) is 0 Å². The van der Waals surface area contributed by atoms with E-state index in [2.05, 4.69) is 26.5 Å². The highest BCUT2D eigenvalue weighted by molar-refractivity contribution is 5.17. The highest BCUT2D eigenvalue weighted by Gasteiger charge is 2.33. The zero-order valence-corrected chi connectivity index (χ0v) is 6.65. The lowest BCUT2D eigenvalue weighted by atomic mass is 9.88. The van der Waals surface area contributed by atoms with Gasteiger partial charge in [-0.2, -0.15) is 5.26 Å². The van der Waals surface area contributed by atoms with E-state index in [1.54, 1.807) is 0 Å². The van der Waals surface area contributed by atoms with Gasteiger partial charge in [0.2, 0.25) is 0 Å². The highest BCUT2D eigenvalue weighted by atomic mass is 14.4. The van der Waals surface area contributed by atoms with Gasteiger partial charge in [-0.3, -0.25) is 0 Å². The monoisotopic (exact) mass is 135 g/mol. The molecular weight excluding hydrogens is 122 g/mol. The van der Waals surface area contributed by atoms with Crippen molar-refractivity contribution in [1.82, 2.24) is 0 Å². The minimum atomic E-state index is 0.209. The van der Waals surface area contributed by atoms with Crippen molar-refractivity contribution in [1.29, 1.82) is 5.26 Å². The molecule has 0 aliphatic heterocycles. The van der Waals surface area contributed by atoms with Crippen molar-refractivity contribution < 1.29 is 0 Å². The topological polar surface area (TPSA) is 23.8 Å². The van der Waals surface area contributed by atoms with Gasteiger partial charge < -0.3 is 0 Å². The number of hydrogen-bond acceptors (Lipinski definition) is 1.